The fourth-order valence-electron chi connectivity index (χ4n) is 9.69. The number of anilines is 3. The van der Waals surface area contributed by atoms with Crippen molar-refractivity contribution in [3.8, 4) is 33.4 Å². The maximum atomic E-state index is 5.96. The molecule has 11 rings (SSSR count). The van der Waals surface area contributed by atoms with Crippen LogP contribution < -0.4 is 10.6 Å². The molecule has 294 valence electrons. The molecule has 0 saturated heterocycles. The molecular weight excluding hydrogens is 737 g/mol. The first-order valence-corrected chi connectivity index (χ1v) is 21.5. The summed E-state index contributed by atoms with van der Waals surface area (Å²) in [6.45, 7) is 0.537. The third kappa shape index (κ3) is 7.05. The number of nitrogens with two attached hydrogens (primary N) is 1. The van der Waals surface area contributed by atoms with Crippen LogP contribution in [0.15, 0.2) is 231 Å². The molecular formula is C59H48N2. The molecule has 0 fully saturated rings. The van der Waals surface area contributed by atoms with Crippen LogP contribution in [-0.2, 0) is 24.8 Å². The second-order valence-corrected chi connectivity index (χ2v) is 16.1. The summed E-state index contributed by atoms with van der Waals surface area (Å²) < 4.78 is 0. The van der Waals surface area contributed by atoms with Gasteiger partial charge in [0.1, 0.15) is 0 Å². The highest BCUT2D eigenvalue weighted by atomic mass is 15.2. The second-order valence-electron chi connectivity index (χ2n) is 16.1. The predicted molar refractivity (Wildman–Crippen MR) is 256 cm³/mol. The molecule has 2 aliphatic rings. The molecule has 2 nitrogen and oxygen atoms in total. The average Bonchev–Trinajstić information content (AvgIpc) is 3.63. The normalized spacial score (nSPS) is 12.7. The van der Waals surface area contributed by atoms with Gasteiger partial charge in [0.2, 0.25) is 0 Å². The third-order valence-electron chi connectivity index (χ3n) is 12.5. The molecule has 9 aromatic carbocycles. The smallest absolute Gasteiger partial charge is 0.0754 e. The van der Waals surface area contributed by atoms with Gasteiger partial charge in [-0.05, 0) is 134 Å². The monoisotopic (exact) mass is 784 g/mol. The van der Waals surface area contributed by atoms with Gasteiger partial charge in [0, 0.05) is 12.2 Å². The molecule has 0 atom stereocenters. The lowest BCUT2D eigenvalue weighted by atomic mass is 9.64. The first kappa shape index (κ1) is 38.0. The number of hydrogen-bond donors (Lipinski definition) is 1. The zero-order valence-corrected chi connectivity index (χ0v) is 34.3. The van der Waals surface area contributed by atoms with Crippen LogP contribution in [0.25, 0.3) is 33.4 Å². The summed E-state index contributed by atoms with van der Waals surface area (Å²) in [5.41, 5.74) is 25.8. The molecule has 2 heteroatoms. The number of fused-ring (bicyclic) bond motifs is 9. The van der Waals surface area contributed by atoms with Gasteiger partial charge in [0.25, 0.3) is 0 Å². The Morgan fingerprint density at radius 3 is 1.41 bits per heavy atom. The van der Waals surface area contributed by atoms with E-state index in [1.165, 1.54) is 97.4 Å². The Kier molecular flexibility index (Phi) is 10.4. The van der Waals surface area contributed by atoms with E-state index in [2.05, 4.69) is 235 Å². The van der Waals surface area contributed by atoms with Crippen molar-refractivity contribution in [2.24, 2.45) is 5.73 Å². The maximum Gasteiger partial charge on any atom is 0.0754 e. The Bertz CT molecular complexity index is 2850. The van der Waals surface area contributed by atoms with Crippen LogP contribution in [0, 0.1) is 0 Å². The van der Waals surface area contributed by atoms with Crippen molar-refractivity contribution in [1.82, 2.24) is 0 Å². The Hall–Kier alpha value is -7.26. The van der Waals surface area contributed by atoms with Crippen molar-refractivity contribution in [2.75, 3.05) is 4.90 Å². The van der Waals surface area contributed by atoms with E-state index in [0.29, 0.717) is 6.54 Å². The number of para-hydroxylation sites is 3. The van der Waals surface area contributed by atoms with Crippen molar-refractivity contribution < 1.29 is 0 Å². The first-order valence-electron chi connectivity index (χ1n) is 21.5. The summed E-state index contributed by atoms with van der Waals surface area (Å²) in [4.78, 5) is 2.43. The van der Waals surface area contributed by atoms with E-state index >= 15 is 0 Å². The molecule has 0 saturated carbocycles. The molecule has 0 aromatic heterocycles. The standard InChI is InChI=1S/C44H32N2.C15H16/c45-29-30-12-10-13-31(26-30)32-14-11-15-33(27-32)34-24-25-39-37(28-34)36-18-4-5-19-38(36)44(39)40-20-6-8-22-42(40)46(35-16-2-1-3-17-35)43-23-9-7-21-41(43)44;1-3-8-14(9-4-1)12-7-13-15-10-5-2-6-11-15/h1-28H,29,45H2;1-6,8-11H,7,12-13H2. The molecule has 1 aliphatic carbocycles. The number of rotatable bonds is 8. The van der Waals surface area contributed by atoms with Crippen LogP contribution in [0.3, 0.4) is 0 Å². The van der Waals surface area contributed by atoms with Gasteiger partial charge in [-0.3, -0.25) is 0 Å². The van der Waals surface area contributed by atoms with Crippen LogP contribution in [0.4, 0.5) is 17.1 Å². The van der Waals surface area contributed by atoms with Crippen molar-refractivity contribution in [1.29, 1.82) is 0 Å². The summed E-state index contributed by atoms with van der Waals surface area (Å²) in [6, 6.07) is 83.6. The minimum Gasteiger partial charge on any atom is -0.326 e. The molecule has 1 aliphatic heterocycles. The average molecular weight is 785 g/mol. The molecule has 0 bridgehead atoms. The highest BCUT2D eigenvalue weighted by molar-refractivity contribution is 5.96. The van der Waals surface area contributed by atoms with E-state index in [4.69, 9.17) is 5.73 Å². The summed E-state index contributed by atoms with van der Waals surface area (Å²) in [5.74, 6) is 0. The lowest BCUT2D eigenvalue weighted by molar-refractivity contribution is 0.753. The van der Waals surface area contributed by atoms with E-state index in [-0.39, 0.29) is 0 Å². The molecule has 0 unspecified atom stereocenters. The summed E-state index contributed by atoms with van der Waals surface area (Å²) in [7, 11) is 0. The van der Waals surface area contributed by atoms with Gasteiger partial charge in [0.15, 0.2) is 0 Å². The van der Waals surface area contributed by atoms with E-state index in [9.17, 15) is 0 Å². The van der Waals surface area contributed by atoms with Crippen LogP contribution in [0.5, 0.6) is 0 Å². The summed E-state index contributed by atoms with van der Waals surface area (Å²) in [6.07, 6.45) is 3.58. The first-order chi connectivity index (χ1) is 30.2. The van der Waals surface area contributed by atoms with Gasteiger partial charge in [-0.15, -0.1) is 0 Å². The highest BCUT2D eigenvalue weighted by Gasteiger charge is 2.51. The Balaban J connectivity index is 0.000000251. The molecule has 0 radical (unpaired) electrons. The lowest BCUT2D eigenvalue weighted by Gasteiger charge is -2.45. The minimum absolute atomic E-state index is 0.437. The Morgan fingerprint density at radius 2 is 0.803 bits per heavy atom. The summed E-state index contributed by atoms with van der Waals surface area (Å²) >= 11 is 0. The number of aryl methyl sites for hydroxylation is 2. The van der Waals surface area contributed by atoms with Crippen molar-refractivity contribution in [3.05, 3.63) is 269 Å². The van der Waals surface area contributed by atoms with Crippen molar-refractivity contribution in [3.63, 3.8) is 0 Å². The quantitative estimate of drug-likeness (QED) is 0.166. The molecule has 0 amide bonds. The number of nitrogens with zero attached hydrogens (tertiary/aromatic N) is 1. The number of benzene rings is 9. The maximum absolute atomic E-state index is 5.96. The largest absolute Gasteiger partial charge is 0.326 e. The minimum atomic E-state index is -0.437. The molecule has 2 N–H and O–H groups in total. The van der Waals surface area contributed by atoms with Crippen LogP contribution in [-0.4, -0.2) is 0 Å². The second kappa shape index (κ2) is 16.8. The molecule has 61 heavy (non-hydrogen) atoms. The lowest BCUT2D eigenvalue weighted by Crippen LogP contribution is -2.36. The van der Waals surface area contributed by atoms with Gasteiger partial charge >= 0.3 is 0 Å². The topological polar surface area (TPSA) is 29.3 Å². The highest BCUT2D eigenvalue weighted by Crippen LogP contribution is 2.63. The van der Waals surface area contributed by atoms with E-state index < -0.39 is 5.41 Å². The van der Waals surface area contributed by atoms with Crippen molar-refractivity contribution in [2.45, 2.75) is 31.2 Å². The van der Waals surface area contributed by atoms with Crippen molar-refractivity contribution >= 4 is 17.1 Å². The Morgan fingerprint density at radius 1 is 0.344 bits per heavy atom. The van der Waals surface area contributed by atoms with E-state index in [1.54, 1.807) is 0 Å². The Labute approximate surface area is 360 Å². The van der Waals surface area contributed by atoms with Gasteiger partial charge < -0.3 is 10.6 Å². The number of hydrogen-bond acceptors (Lipinski definition) is 2. The third-order valence-corrected chi connectivity index (χ3v) is 12.5. The van der Waals surface area contributed by atoms with Crippen LogP contribution in [0.2, 0.25) is 0 Å². The van der Waals surface area contributed by atoms with Gasteiger partial charge in [-0.2, -0.15) is 0 Å². The molecule has 1 spiro atoms. The molecule has 9 aromatic rings. The van der Waals surface area contributed by atoms with E-state index in [1.807, 2.05) is 0 Å². The predicted octanol–water partition coefficient (Wildman–Crippen LogP) is 14.5. The molecule has 1 heterocycles. The zero-order chi connectivity index (χ0) is 41.0. The van der Waals surface area contributed by atoms with Crippen LogP contribution >= 0.6 is 0 Å². The fraction of sp³-hybridized carbons (Fsp3) is 0.0847. The van der Waals surface area contributed by atoms with Gasteiger partial charge in [0.05, 0.1) is 16.8 Å². The summed E-state index contributed by atoms with van der Waals surface area (Å²) in [5, 5.41) is 0. The fourth-order valence-corrected chi connectivity index (χ4v) is 9.69. The van der Waals surface area contributed by atoms with Gasteiger partial charge in [-0.1, -0.05) is 188 Å². The van der Waals surface area contributed by atoms with Gasteiger partial charge in [-0.25, -0.2) is 0 Å². The zero-order valence-electron chi connectivity index (χ0n) is 34.3. The SMILES string of the molecule is NCc1cccc(-c2cccc(-c3ccc4c(c3)-c3ccccc3C43c4ccccc4N(c4ccccc4)c4ccccc43)c2)c1.c1ccc(CCCc2ccccc2)cc1. The van der Waals surface area contributed by atoms with Crippen LogP contribution in [0.1, 0.15) is 45.4 Å². The van der Waals surface area contributed by atoms with E-state index in [0.717, 1.165) is 11.3 Å².